The molecule has 0 aliphatic heterocycles. The van der Waals surface area contributed by atoms with Crippen molar-refractivity contribution in [2.75, 3.05) is 0 Å². The number of hydrogen-bond donors (Lipinski definition) is 0. The molecule has 0 aliphatic carbocycles. The van der Waals surface area contributed by atoms with Crippen LogP contribution in [0.15, 0.2) is 30.5 Å². The number of pyridine rings is 1. The minimum absolute atomic E-state index is 0.529. The zero-order valence-electron chi connectivity index (χ0n) is 10.5. The van der Waals surface area contributed by atoms with Gasteiger partial charge in [-0.2, -0.15) is 0 Å². The standard InChI is InChI=1S/C15H19N/c1-10(2)13-8-12-6-5-7-14(11(3)4)15(12)16-9-13/h5-11H,1-4H3. The molecule has 1 nitrogen and oxygen atoms in total. The van der Waals surface area contributed by atoms with Crippen molar-refractivity contribution in [1.29, 1.82) is 0 Å². The second-order valence-corrected chi connectivity index (χ2v) is 5.00. The van der Waals surface area contributed by atoms with Crippen LogP contribution in [0.3, 0.4) is 0 Å². The van der Waals surface area contributed by atoms with E-state index in [1.54, 1.807) is 0 Å². The van der Waals surface area contributed by atoms with Crippen LogP contribution in [0.4, 0.5) is 0 Å². The Bertz CT molecular complexity index is 498. The molecular formula is C15H19N. The van der Waals surface area contributed by atoms with Gasteiger partial charge in [0.05, 0.1) is 5.52 Å². The predicted octanol–water partition coefficient (Wildman–Crippen LogP) is 4.48. The number of aromatic nitrogens is 1. The van der Waals surface area contributed by atoms with E-state index in [4.69, 9.17) is 0 Å². The lowest BCUT2D eigenvalue weighted by atomic mass is 9.97. The summed E-state index contributed by atoms with van der Waals surface area (Å²) in [6, 6.07) is 8.72. The Morgan fingerprint density at radius 2 is 1.75 bits per heavy atom. The fourth-order valence-electron chi connectivity index (χ4n) is 1.98. The van der Waals surface area contributed by atoms with Crippen LogP contribution in [0.1, 0.15) is 50.7 Å². The largest absolute Gasteiger partial charge is 0.256 e. The molecule has 2 rings (SSSR count). The highest BCUT2D eigenvalue weighted by molar-refractivity contribution is 5.82. The molecule has 84 valence electrons. The molecule has 0 spiro atoms. The minimum Gasteiger partial charge on any atom is -0.256 e. The summed E-state index contributed by atoms with van der Waals surface area (Å²) in [5.74, 6) is 1.07. The Kier molecular flexibility index (Phi) is 2.95. The van der Waals surface area contributed by atoms with E-state index in [9.17, 15) is 0 Å². The summed E-state index contributed by atoms with van der Waals surface area (Å²) >= 11 is 0. The van der Waals surface area contributed by atoms with Gasteiger partial charge >= 0.3 is 0 Å². The Labute approximate surface area is 97.5 Å². The highest BCUT2D eigenvalue weighted by atomic mass is 14.7. The molecule has 1 aromatic heterocycles. The van der Waals surface area contributed by atoms with Gasteiger partial charge in [-0.05, 0) is 29.0 Å². The summed E-state index contributed by atoms with van der Waals surface area (Å²) in [5.41, 5.74) is 3.81. The van der Waals surface area contributed by atoms with Crippen molar-refractivity contribution in [2.45, 2.75) is 39.5 Å². The molecule has 0 aliphatic rings. The molecule has 2 aromatic rings. The smallest absolute Gasteiger partial charge is 0.0736 e. The van der Waals surface area contributed by atoms with Crippen LogP contribution < -0.4 is 0 Å². The van der Waals surface area contributed by atoms with Gasteiger partial charge in [-0.3, -0.25) is 4.98 Å². The highest BCUT2D eigenvalue weighted by Gasteiger charge is 2.07. The Morgan fingerprint density at radius 1 is 1.00 bits per heavy atom. The normalized spacial score (nSPS) is 11.6. The van der Waals surface area contributed by atoms with Gasteiger partial charge in [-0.1, -0.05) is 45.9 Å². The van der Waals surface area contributed by atoms with Gasteiger partial charge in [-0.15, -0.1) is 0 Å². The van der Waals surface area contributed by atoms with Crippen molar-refractivity contribution in [2.24, 2.45) is 0 Å². The summed E-state index contributed by atoms with van der Waals surface area (Å²) in [6.45, 7) is 8.84. The third-order valence-electron chi connectivity index (χ3n) is 3.05. The van der Waals surface area contributed by atoms with E-state index < -0.39 is 0 Å². The van der Waals surface area contributed by atoms with Gasteiger partial charge in [0.1, 0.15) is 0 Å². The van der Waals surface area contributed by atoms with Gasteiger partial charge < -0.3 is 0 Å². The fraction of sp³-hybridized carbons (Fsp3) is 0.400. The van der Waals surface area contributed by atoms with Gasteiger partial charge in [0, 0.05) is 11.6 Å². The monoisotopic (exact) mass is 213 g/mol. The summed E-state index contributed by atoms with van der Waals surface area (Å²) in [7, 11) is 0. The Morgan fingerprint density at radius 3 is 2.38 bits per heavy atom. The summed E-state index contributed by atoms with van der Waals surface area (Å²) in [6.07, 6.45) is 2.01. The molecule has 0 N–H and O–H groups in total. The number of benzene rings is 1. The van der Waals surface area contributed by atoms with Crippen molar-refractivity contribution >= 4 is 10.9 Å². The summed E-state index contributed by atoms with van der Waals surface area (Å²) in [5, 5.41) is 1.26. The zero-order valence-corrected chi connectivity index (χ0v) is 10.5. The van der Waals surface area contributed by atoms with E-state index in [0.29, 0.717) is 11.8 Å². The lowest BCUT2D eigenvalue weighted by Crippen LogP contribution is -1.94. The summed E-state index contributed by atoms with van der Waals surface area (Å²) in [4.78, 5) is 4.62. The maximum Gasteiger partial charge on any atom is 0.0736 e. The second-order valence-electron chi connectivity index (χ2n) is 5.00. The average Bonchev–Trinajstić information content (AvgIpc) is 2.27. The van der Waals surface area contributed by atoms with Crippen LogP contribution in [-0.4, -0.2) is 4.98 Å². The molecule has 0 bridgehead atoms. The van der Waals surface area contributed by atoms with Gasteiger partial charge in [0.2, 0.25) is 0 Å². The maximum absolute atomic E-state index is 4.62. The molecule has 1 aromatic carbocycles. The van der Waals surface area contributed by atoms with E-state index >= 15 is 0 Å². The van der Waals surface area contributed by atoms with Crippen LogP contribution in [0.25, 0.3) is 10.9 Å². The lowest BCUT2D eigenvalue weighted by molar-refractivity contribution is 0.856. The zero-order chi connectivity index (χ0) is 11.7. The van der Waals surface area contributed by atoms with E-state index in [2.05, 4.69) is 56.9 Å². The molecule has 0 amide bonds. The molecule has 1 heterocycles. The lowest BCUT2D eigenvalue weighted by Gasteiger charge is -2.11. The fourth-order valence-corrected chi connectivity index (χ4v) is 1.98. The van der Waals surface area contributed by atoms with Crippen LogP contribution in [0, 0.1) is 0 Å². The first-order chi connectivity index (χ1) is 7.59. The van der Waals surface area contributed by atoms with Gasteiger partial charge in [0.15, 0.2) is 0 Å². The average molecular weight is 213 g/mol. The number of hydrogen-bond acceptors (Lipinski definition) is 1. The highest BCUT2D eigenvalue weighted by Crippen LogP contribution is 2.25. The summed E-state index contributed by atoms with van der Waals surface area (Å²) < 4.78 is 0. The third-order valence-corrected chi connectivity index (χ3v) is 3.05. The Balaban J connectivity index is 2.64. The topological polar surface area (TPSA) is 12.9 Å². The predicted molar refractivity (Wildman–Crippen MR) is 69.9 cm³/mol. The Hall–Kier alpha value is -1.37. The first-order valence-electron chi connectivity index (χ1n) is 5.98. The molecule has 0 saturated heterocycles. The number of rotatable bonds is 2. The van der Waals surface area contributed by atoms with E-state index in [-0.39, 0.29) is 0 Å². The molecule has 0 unspecified atom stereocenters. The second kappa shape index (κ2) is 4.25. The van der Waals surface area contributed by atoms with Crippen molar-refractivity contribution < 1.29 is 0 Å². The van der Waals surface area contributed by atoms with Crippen molar-refractivity contribution in [3.8, 4) is 0 Å². The van der Waals surface area contributed by atoms with Crippen molar-refractivity contribution in [3.05, 3.63) is 41.6 Å². The van der Waals surface area contributed by atoms with Crippen molar-refractivity contribution in [1.82, 2.24) is 4.98 Å². The van der Waals surface area contributed by atoms with Gasteiger partial charge in [-0.25, -0.2) is 0 Å². The molecule has 0 fully saturated rings. The number of para-hydroxylation sites is 1. The number of nitrogens with zero attached hydrogens (tertiary/aromatic N) is 1. The molecule has 0 atom stereocenters. The quantitative estimate of drug-likeness (QED) is 0.716. The molecule has 0 radical (unpaired) electrons. The number of fused-ring (bicyclic) bond motifs is 1. The van der Waals surface area contributed by atoms with Crippen LogP contribution in [0.2, 0.25) is 0 Å². The minimum atomic E-state index is 0.529. The van der Waals surface area contributed by atoms with E-state index in [0.717, 1.165) is 5.52 Å². The molecule has 0 saturated carbocycles. The third kappa shape index (κ3) is 1.95. The first kappa shape index (κ1) is 11.1. The maximum atomic E-state index is 4.62. The first-order valence-corrected chi connectivity index (χ1v) is 5.98. The van der Waals surface area contributed by atoms with Gasteiger partial charge in [0.25, 0.3) is 0 Å². The molecule has 16 heavy (non-hydrogen) atoms. The van der Waals surface area contributed by atoms with Crippen LogP contribution >= 0.6 is 0 Å². The molecular weight excluding hydrogens is 194 g/mol. The van der Waals surface area contributed by atoms with Crippen LogP contribution in [0.5, 0.6) is 0 Å². The van der Waals surface area contributed by atoms with Crippen molar-refractivity contribution in [3.63, 3.8) is 0 Å². The van der Waals surface area contributed by atoms with E-state index in [1.165, 1.54) is 16.5 Å². The SMILES string of the molecule is CC(C)c1cnc2c(C(C)C)cccc2c1. The van der Waals surface area contributed by atoms with E-state index in [1.807, 2.05) is 6.20 Å². The van der Waals surface area contributed by atoms with Crippen LogP contribution in [-0.2, 0) is 0 Å². The molecule has 1 heteroatoms.